The second-order valence-corrected chi connectivity index (χ2v) is 5.15. The van der Waals surface area contributed by atoms with Gasteiger partial charge in [-0.1, -0.05) is 6.07 Å². The van der Waals surface area contributed by atoms with Crippen LogP contribution in [0.15, 0.2) is 24.3 Å². The summed E-state index contributed by atoms with van der Waals surface area (Å²) in [4.78, 5) is 1.71. The molecule has 0 spiro atoms. The summed E-state index contributed by atoms with van der Waals surface area (Å²) >= 11 is 0. The highest BCUT2D eigenvalue weighted by Crippen LogP contribution is 2.19. The molecule has 0 saturated carbocycles. The van der Waals surface area contributed by atoms with Crippen molar-refractivity contribution >= 4 is 0 Å². The number of nitrogens with one attached hydrogen (secondary N) is 1. The van der Waals surface area contributed by atoms with Gasteiger partial charge in [-0.05, 0) is 51.7 Å². The normalized spacial score (nSPS) is 10.8. The molecule has 20 heavy (non-hydrogen) atoms. The molecular formula is C17H30NO2+. The third-order valence-corrected chi connectivity index (χ3v) is 3.73. The van der Waals surface area contributed by atoms with Gasteiger partial charge in [-0.2, -0.15) is 0 Å². The van der Waals surface area contributed by atoms with Crippen molar-refractivity contribution in [2.24, 2.45) is 0 Å². The first-order chi connectivity index (χ1) is 9.80. The average Bonchev–Trinajstić information content (AvgIpc) is 2.50. The second kappa shape index (κ2) is 10.6. The molecule has 0 fully saturated rings. The zero-order chi connectivity index (χ0) is 14.6. The van der Waals surface area contributed by atoms with Crippen LogP contribution in [0.2, 0.25) is 0 Å². The van der Waals surface area contributed by atoms with Crippen molar-refractivity contribution in [1.82, 2.24) is 0 Å². The molecular weight excluding hydrogens is 250 g/mol. The van der Waals surface area contributed by atoms with Crippen LogP contribution in [0.5, 0.6) is 11.5 Å². The monoisotopic (exact) mass is 280 g/mol. The topological polar surface area (TPSA) is 22.9 Å². The summed E-state index contributed by atoms with van der Waals surface area (Å²) in [5.41, 5.74) is 0. The van der Waals surface area contributed by atoms with Crippen LogP contribution in [0.4, 0.5) is 0 Å². The van der Waals surface area contributed by atoms with E-state index in [1.165, 1.54) is 38.9 Å². The van der Waals surface area contributed by atoms with Crippen LogP contribution in [0, 0.1) is 0 Å². The fourth-order valence-corrected chi connectivity index (χ4v) is 2.32. The van der Waals surface area contributed by atoms with Crippen LogP contribution >= 0.6 is 0 Å². The zero-order valence-corrected chi connectivity index (χ0v) is 13.3. The van der Waals surface area contributed by atoms with Crippen LogP contribution in [-0.2, 0) is 0 Å². The number of benzene rings is 1. The van der Waals surface area contributed by atoms with Crippen molar-refractivity contribution in [3.63, 3.8) is 0 Å². The molecule has 0 aliphatic heterocycles. The van der Waals surface area contributed by atoms with Gasteiger partial charge in [-0.25, -0.2) is 0 Å². The standard InChI is InChI=1S/C17H29NO2/c1-4-18(5-2)13-8-6-7-9-14-20-17-12-10-11-16(15-17)19-3/h10-12,15H,4-9,13-14H2,1-3H3/p+1. The van der Waals surface area contributed by atoms with Crippen LogP contribution in [0.1, 0.15) is 39.5 Å². The highest BCUT2D eigenvalue weighted by molar-refractivity contribution is 5.32. The molecule has 0 aromatic heterocycles. The number of methoxy groups -OCH3 is 1. The minimum absolute atomic E-state index is 0.797. The predicted molar refractivity (Wildman–Crippen MR) is 83.9 cm³/mol. The van der Waals surface area contributed by atoms with E-state index in [-0.39, 0.29) is 0 Å². The number of quaternary nitrogens is 1. The van der Waals surface area contributed by atoms with E-state index in [2.05, 4.69) is 13.8 Å². The van der Waals surface area contributed by atoms with Crippen LogP contribution < -0.4 is 14.4 Å². The van der Waals surface area contributed by atoms with Gasteiger partial charge in [0.2, 0.25) is 0 Å². The van der Waals surface area contributed by atoms with Gasteiger partial charge >= 0.3 is 0 Å². The van der Waals surface area contributed by atoms with Crippen LogP contribution in [-0.4, -0.2) is 33.4 Å². The molecule has 0 atom stereocenters. The molecule has 0 bridgehead atoms. The molecule has 114 valence electrons. The lowest BCUT2D eigenvalue weighted by atomic mass is 10.2. The van der Waals surface area contributed by atoms with Gasteiger partial charge < -0.3 is 14.4 Å². The van der Waals surface area contributed by atoms with E-state index in [9.17, 15) is 0 Å². The summed E-state index contributed by atoms with van der Waals surface area (Å²) in [5.74, 6) is 1.75. The van der Waals surface area contributed by atoms with E-state index >= 15 is 0 Å². The molecule has 0 aliphatic rings. The van der Waals surface area contributed by atoms with Gasteiger partial charge in [0.1, 0.15) is 11.5 Å². The van der Waals surface area contributed by atoms with E-state index in [1.807, 2.05) is 24.3 Å². The number of hydrogen-bond acceptors (Lipinski definition) is 2. The number of unbranched alkanes of at least 4 members (excludes halogenated alkanes) is 3. The molecule has 1 rings (SSSR count). The Morgan fingerprint density at radius 3 is 2.35 bits per heavy atom. The first kappa shape index (κ1) is 16.8. The SMILES string of the molecule is CC[NH+](CC)CCCCCCOc1cccc(OC)c1. The van der Waals surface area contributed by atoms with Gasteiger partial charge in [-0.15, -0.1) is 0 Å². The summed E-state index contributed by atoms with van der Waals surface area (Å²) in [6.45, 7) is 9.13. The molecule has 1 N–H and O–H groups in total. The summed E-state index contributed by atoms with van der Waals surface area (Å²) in [6, 6.07) is 7.80. The molecule has 0 heterocycles. The Morgan fingerprint density at radius 2 is 1.65 bits per heavy atom. The Balaban J connectivity index is 2.04. The van der Waals surface area contributed by atoms with Crippen LogP contribution in [0.25, 0.3) is 0 Å². The molecule has 3 heteroatoms. The van der Waals surface area contributed by atoms with Crippen LogP contribution in [0.3, 0.4) is 0 Å². The Labute approximate surface area is 123 Å². The first-order valence-corrected chi connectivity index (χ1v) is 7.90. The molecule has 0 radical (unpaired) electrons. The third-order valence-electron chi connectivity index (χ3n) is 3.73. The van der Waals surface area contributed by atoms with Gasteiger partial charge in [0.05, 0.1) is 33.4 Å². The predicted octanol–water partition coefficient (Wildman–Crippen LogP) is 2.56. The van der Waals surface area contributed by atoms with Crippen molar-refractivity contribution in [3.8, 4) is 11.5 Å². The minimum Gasteiger partial charge on any atom is -0.497 e. The average molecular weight is 280 g/mol. The Hall–Kier alpha value is -1.22. The van der Waals surface area contributed by atoms with Gasteiger partial charge in [0.25, 0.3) is 0 Å². The van der Waals surface area contributed by atoms with E-state index in [0.717, 1.165) is 24.5 Å². The maximum atomic E-state index is 5.73. The highest BCUT2D eigenvalue weighted by atomic mass is 16.5. The quantitative estimate of drug-likeness (QED) is 0.630. The van der Waals surface area contributed by atoms with E-state index in [1.54, 1.807) is 12.0 Å². The maximum absolute atomic E-state index is 5.73. The lowest BCUT2D eigenvalue weighted by molar-refractivity contribution is -0.896. The van der Waals surface area contributed by atoms with E-state index in [0.29, 0.717) is 0 Å². The zero-order valence-electron chi connectivity index (χ0n) is 13.3. The molecule has 0 aliphatic carbocycles. The van der Waals surface area contributed by atoms with Gasteiger partial charge in [0.15, 0.2) is 0 Å². The van der Waals surface area contributed by atoms with Crippen molar-refractivity contribution in [1.29, 1.82) is 0 Å². The lowest BCUT2D eigenvalue weighted by Gasteiger charge is -2.14. The van der Waals surface area contributed by atoms with Crippen molar-refractivity contribution in [2.45, 2.75) is 39.5 Å². The third kappa shape index (κ3) is 6.80. The van der Waals surface area contributed by atoms with Crippen molar-refractivity contribution in [3.05, 3.63) is 24.3 Å². The maximum Gasteiger partial charge on any atom is 0.122 e. The van der Waals surface area contributed by atoms with Gasteiger partial charge in [-0.3, -0.25) is 0 Å². The molecule has 0 saturated heterocycles. The summed E-state index contributed by atoms with van der Waals surface area (Å²) in [5, 5.41) is 0. The van der Waals surface area contributed by atoms with Crippen molar-refractivity contribution in [2.75, 3.05) is 33.4 Å². The largest absolute Gasteiger partial charge is 0.497 e. The fourth-order valence-electron chi connectivity index (χ4n) is 2.32. The molecule has 1 aromatic rings. The number of rotatable bonds is 11. The second-order valence-electron chi connectivity index (χ2n) is 5.15. The Morgan fingerprint density at radius 1 is 0.950 bits per heavy atom. The minimum atomic E-state index is 0.797. The van der Waals surface area contributed by atoms with E-state index in [4.69, 9.17) is 9.47 Å². The molecule has 0 amide bonds. The smallest absolute Gasteiger partial charge is 0.122 e. The molecule has 3 nitrogen and oxygen atoms in total. The number of ether oxygens (including phenoxy) is 2. The summed E-state index contributed by atoms with van der Waals surface area (Å²) in [6.07, 6.45) is 5.02. The van der Waals surface area contributed by atoms with Crippen molar-refractivity contribution < 1.29 is 14.4 Å². The Kier molecular flexibility index (Phi) is 8.88. The first-order valence-electron chi connectivity index (χ1n) is 7.90. The summed E-state index contributed by atoms with van der Waals surface area (Å²) in [7, 11) is 1.68. The lowest BCUT2D eigenvalue weighted by Crippen LogP contribution is -3.11. The highest BCUT2D eigenvalue weighted by Gasteiger charge is 2.01. The van der Waals surface area contributed by atoms with Gasteiger partial charge in [0, 0.05) is 6.07 Å². The fraction of sp³-hybridized carbons (Fsp3) is 0.647. The molecule has 1 aromatic carbocycles. The number of hydrogen-bond donors (Lipinski definition) is 1. The van der Waals surface area contributed by atoms with E-state index < -0.39 is 0 Å². The molecule has 0 unspecified atom stereocenters. The summed E-state index contributed by atoms with van der Waals surface area (Å²) < 4.78 is 10.9. The Bertz CT molecular complexity index is 351.